The molecule has 3 aliphatic rings. The first kappa shape index (κ1) is 21.9. The summed E-state index contributed by atoms with van der Waals surface area (Å²) in [4.78, 5) is 45.6. The average Bonchev–Trinajstić information content (AvgIpc) is 3.05. The van der Waals surface area contributed by atoms with Crippen molar-refractivity contribution in [2.75, 3.05) is 44.2 Å². The molecule has 33 heavy (non-hydrogen) atoms. The lowest BCUT2D eigenvalue weighted by atomic mass is 9.77. The van der Waals surface area contributed by atoms with Gasteiger partial charge in [-0.1, -0.05) is 0 Å². The summed E-state index contributed by atoms with van der Waals surface area (Å²) in [6, 6.07) is 3.92. The standard InChI is InChI=1S/C25H32N6O2/c1-17-14-19-15-21-22(16-20(19)18(2)28-17)24(33)31(23(21)32)9-4-3-8-29-10-12-30(13-11-29)25-26-6-5-7-27-25/h5-7,14,21-22H,3-4,8-13,15-16H2,1-2H3. The number of hydrogen-bond donors (Lipinski definition) is 0. The predicted molar refractivity (Wildman–Crippen MR) is 125 cm³/mol. The topological polar surface area (TPSA) is 82.5 Å². The smallest absolute Gasteiger partial charge is 0.233 e. The SMILES string of the molecule is Cc1cc2c(c(C)n1)CC1C(=O)N(CCCCN3CCN(c4ncccn4)CC3)C(=O)C1C2. The fourth-order valence-electron chi connectivity index (χ4n) is 5.62. The first-order valence-corrected chi connectivity index (χ1v) is 12.1. The number of carbonyl (C=O) groups is 2. The highest BCUT2D eigenvalue weighted by molar-refractivity contribution is 6.05. The molecule has 2 aliphatic heterocycles. The summed E-state index contributed by atoms with van der Waals surface area (Å²) in [7, 11) is 0. The maximum atomic E-state index is 13.1. The van der Waals surface area contributed by atoms with Gasteiger partial charge in [-0.05, 0) is 69.3 Å². The van der Waals surface area contributed by atoms with Gasteiger partial charge in [0.1, 0.15) is 0 Å². The summed E-state index contributed by atoms with van der Waals surface area (Å²) < 4.78 is 0. The number of aromatic nitrogens is 3. The molecule has 8 nitrogen and oxygen atoms in total. The van der Waals surface area contributed by atoms with E-state index in [-0.39, 0.29) is 23.7 Å². The van der Waals surface area contributed by atoms with Crippen molar-refractivity contribution in [1.82, 2.24) is 24.8 Å². The number of carbonyl (C=O) groups excluding carboxylic acids is 2. The number of unbranched alkanes of at least 4 members (excludes halogenated alkanes) is 1. The monoisotopic (exact) mass is 448 g/mol. The maximum Gasteiger partial charge on any atom is 0.233 e. The molecule has 2 unspecified atom stereocenters. The van der Waals surface area contributed by atoms with E-state index >= 15 is 0 Å². The van der Waals surface area contributed by atoms with Crippen LogP contribution >= 0.6 is 0 Å². The quantitative estimate of drug-likeness (QED) is 0.492. The molecular weight excluding hydrogens is 416 g/mol. The number of nitrogens with zero attached hydrogens (tertiary/aromatic N) is 6. The van der Waals surface area contributed by atoms with Crippen molar-refractivity contribution in [1.29, 1.82) is 0 Å². The Hall–Kier alpha value is -2.87. The molecule has 2 amide bonds. The van der Waals surface area contributed by atoms with Crippen molar-refractivity contribution < 1.29 is 9.59 Å². The van der Waals surface area contributed by atoms with Crippen molar-refractivity contribution in [2.24, 2.45) is 11.8 Å². The van der Waals surface area contributed by atoms with Crippen LogP contribution in [0, 0.1) is 25.7 Å². The van der Waals surface area contributed by atoms with Gasteiger partial charge in [-0.2, -0.15) is 0 Å². The van der Waals surface area contributed by atoms with Crippen LogP contribution in [-0.2, 0) is 22.4 Å². The van der Waals surface area contributed by atoms with Gasteiger partial charge in [0.15, 0.2) is 0 Å². The molecule has 0 aromatic carbocycles. The predicted octanol–water partition coefficient (Wildman–Crippen LogP) is 1.79. The van der Waals surface area contributed by atoms with Crippen molar-refractivity contribution in [3.8, 4) is 0 Å². The molecule has 1 aliphatic carbocycles. The molecular formula is C25H32N6O2. The molecule has 8 heteroatoms. The third kappa shape index (κ3) is 4.36. The lowest BCUT2D eigenvalue weighted by molar-refractivity contribution is -0.139. The average molecular weight is 449 g/mol. The van der Waals surface area contributed by atoms with Gasteiger partial charge >= 0.3 is 0 Å². The lowest BCUT2D eigenvalue weighted by Crippen LogP contribution is -2.47. The van der Waals surface area contributed by atoms with Crippen LogP contribution in [0.1, 0.15) is 35.4 Å². The zero-order valence-electron chi connectivity index (χ0n) is 19.5. The summed E-state index contributed by atoms with van der Waals surface area (Å²) in [6.07, 6.45) is 6.71. The molecule has 2 aromatic rings. The highest BCUT2D eigenvalue weighted by atomic mass is 16.2. The Bertz CT molecular complexity index is 1030. The van der Waals surface area contributed by atoms with E-state index in [9.17, 15) is 9.59 Å². The second-order valence-corrected chi connectivity index (χ2v) is 9.52. The minimum atomic E-state index is -0.207. The Morgan fingerprint density at radius 2 is 1.58 bits per heavy atom. The van der Waals surface area contributed by atoms with Crippen LogP contribution < -0.4 is 4.90 Å². The van der Waals surface area contributed by atoms with E-state index in [1.54, 1.807) is 17.3 Å². The Balaban J connectivity index is 1.10. The molecule has 2 atom stereocenters. The first-order chi connectivity index (χ1) is 16.0. The summed E-state index contributed by atoms with van der Waals surface area (Å²) in [6.45, 7) is 9.33. The molecule has 4 heterocycles. The van der Waals surface area contributed by atoms with Crippen LogP contribution in [0.15, 0.2) is 24.5 Å². The number of hydrogen-bond acceptors (Lipinski definition) is 7. The largest absolute Gasteiger partial charge is 0.338 e. The third-order valence-electron chi connectivity index (χ3n) is 7.38. The van der Waals surface area contributed by atoms with Gasteiger partial charge in [0, 0.05) is 56.5 Å². The van der Waals surface area contributed by atoms with Gasteiger partial charge in [-0.3, -0.25) is 24.4 Å². The molecule has 0 saturated carbocycles. The Kier molecular flexibility index (Phi) is 6.10. The maximum absolute atomic E-state index is 13.1. The zero-order valence-corrected chi connectivity index (χ0v) is 19.5. The van der Waals surface area contributed by atoms with E-state index in [1.165, 1.54) is 11.1 Å². The fourth-order valence-corrected chi connectivity index (χ4v) is 5.62. The fraction of sp³-hybridized carbons (Fsp3) is 0.560. The second kappa shape index (κ2) is 9.17. The van der Waals surface area contributed by atoms with Crippen LogP contribution in [0.2, 0.25) is 0 Å². The number of rotatable bonds is 6. The van der Waals surface area contributed by atoms with E-state index in [2.05, 4.69) is 30.8 Å². The molecule has 0 bridgehead atoms. The number of aryl methyl sites for hydroxylation is 2. The van der Waals surface area contributed by atoms with E-state index in [4.69, 9.17) is 0 Å². The second-order valence-electron chi connectivity index (χ2n) is 9.52. The molecule has 2 saturated heterocycles. The number of imide groups is 1. The van der Waals surface area contributed by atoms with Gasteiger partial charge in [-0.15, -0.1) is 0 Å². The molecule has 2 fully saturated rings. The van der Waals surface area contributed by atoms with Crippen LogP contribution in [0.5, 0.6) is 0 Å². The zero-order chi connectivity index (χ0) is 22.9. The van der Waals surface area contributed by atoms with Gasteiger partial charge in [0.05, 0.1) is 11.8 Å². The minimum Gasteiger partial charge on any atom is -0.338 e. The first-order valence-electron chi connectivity index (χ1n) is 12.1. The van der Waals surface area contributed by atoms with Crippen molar-refractivity contribution in [2.45, 2.75) is 39.5 Å². The van der Waals surface area contributed by atoms with E-state index in [0.717, 1.165) is 62.9 Å². The number of piperazine rings is 1. The summed E-state index contributed by atoms with van der Waals surface area (Å²) in [5.41, 5.74) is 4.35. The Morgan fingerprint density at radius 3 is 2.30 bits per heavy atom. The van der Waals surface area contributed by atoms with E-state index < -0.39 is 0 Å². The summed E-state index contributed by atoms with van der Waals surface area (Å²) in [5, 5.41) is 0. The summed E-state index contributed by atoms with van der Waals surface area (Å²) >= 11 is 0. The van der Waals surface area contributed by atoms with Gasteiger partial charge in [0.25, 0.3) is 0 Å². The number of amides is 2. The normalized spacial score (nSPS) is 23.1. The van der Waals surface area contributed by atoms with Crippen LogP contribution in [0.25, 0.3) is 0 Å². The van der Waals surface area contributed by atoms with Gasteiger partial charge < -0.3 is 4.90 Å². The van der Waals surface area contributed by atoms with Crippen LogP contribution in [0.4, 0.5) is 5.95 Å². The molecule has 2 aromatic heterocycles. The Morgan fingerprint density at radius 1 is 0.909 bits per heavy atom. The van der Waals surface area contributed by atoms with Crippen LogP contribution in [-0.4, -0.2) is 75.8 Å². The van der Waals surface area contributed by atoms with Crippen LogP contribution in [0.3, 0.4) is 0 Å². The third-order valence-corrected chi connectivity index (χ3v) is 7.38. The molecule has 0 radical (unpaired) electrons. The minimum absolute atomic E-state index is 0.0205. The van der Waals surface area contributed by atoms with Crippen molar-refractivity contribution >= 4 is 17.8 Å². The molecule has 174 valence electrons. The molecule has 5 rings (SSSR count). The van der Waals surface area contributed by atoms with E-state index in [1.807, 2.05) is 19.9 Å². The number of pyridine rings is 1. The molecule has 0 spiro atoms. The Labute approximate surface area is 195 Å². The highest BCUT2D eigenvalue weighted by Gasteiger charge is 2.49. The number of anilines is 1. The number of likely N-dealkylation sites (tertiary alicyclic amines) is 1. The van der Waals surface area contributed by atoms with Gasteiger partial charge in [-0.25, -0.2) is 9.97 Å². The van der Waals surface area contributed by atoms with Gasteiger partial charge in [0.2, 0.25) is 17.8 Å². The lowest BCUT2D eigenvalue weighted by Gasteiger charge is -2.34. The molecule has 0 N–H and O–H groups in total. The number of fused-ring (bicyclic) bond motifs is 2. The van der Waals surface area contributed by atoms with E-state index in [0.29, 0.717) is 19.4 Å². The van der Waals surface area contributed by atoms with Crippen molar-refractivity contribution in [3.63, 3.8) is 0 Å². The summed E-state index contributed by atoms with van der Waals surface area (Å²) in [5.74, 6) is 0.445. The highest BCUT2D eigenvalue weighted by Crippen LogP contribution is 2.38. The van der Waals surface area contributed by atoms with Crippen molar-refractivity contribution in [3.05, 3.63) is 47.0 Å².